The molecule has 0 radical (unpaired) electrons. The van der Waals surface area contributed by atoms with E-state index in [1.165, 1.54) is 0 Å². The number of benzene rings is 1. The molecule has 0 saturated carbocycles. The molecule has 1 aliphatic rings. The summed E-state index contributed by atoms with van der Waals surface area (Å²) in [4.78, 5) is 46.5. The molecule has 1 saturated heterocycles. The number of rotatable bonds is 5. The lowest BCUT2D eigenvalue weighted by molar-refractivity contribution is 0.0595. The smallest absolute Gasteiger partial charge is 0.332 e. The summed E-state index contributed by atoms with van der Waals surface area (Å²) in [5.41, 5.74) is 0.145. The van der Waals surface area contributed by atoms with Gasteiger partial charge in [0, 0.05) is 32.7 Å². The molecule has 0 N–H and O–H groups in total. The van der Waals surface area contributed by atoms with E-state index in [1.54, 1.807) is 24.0 Å². The van der Waals surface area contributed by atoms with E-state index in [9.17, 15) is 14.4 Å². The van der Waals surface area contributed by atoms with Gasteiger partial charge in [-0.25, -0.2) is 4.79 Å². The number of piperazine rings is 1. The largest absolute Gasteiger partial charge is 0.352 e. The zero-order chi connectivity index (χ0) is 22.8. The maximum Gasteiger partial charge on any atom is 0.352 e. The second-order valence-electron chi connectivity index (χ2n) is 7.58. The zero-order valence-corrected chi connectivity index (χ0v) is 18.3. The Balaban J connectivity index is 1.70. The molecule has 11 nitrogen and oxygen atoms in total. The van der Waals surface area contributed by atoms with E-state index in [1.807, 2.05) is 19.1 Å². The SMILES string of the molecule is CCN1CCN(C(=O)c2nc(-c3nn(-c4ccc(C)cc4)c(=O)n(CC)c3=O)no2)CC1. The number of amides is 1. The Morgan fingerprint density at radius 2 is 1.72 bits per heavy atom. The van der Waals surface area contributed by atoms with Gasteiger partial charge in [-0.05, 0) is 32.5 Å². The van der Waals surface area contributed by atoms with Gasteiger partial charge in [0.05, 0.1) is 5.69 Å². The second-order valence-corrected chi connectivity index (χ2v) is 7.58. The normalized spacial score (nSPS) is 14.7. The molecule has 0 unspecified atom stereocenters. The summed E-state index contributed by atoms with van der Waals surface area (Å²) in [7, 11) is 0. The lowest BCUT2D eigenvalue weighted by Crippen LogP contribution is -2.48. The van der Waals surface area contributed by atoms with Crippen molar-refractivity contribution in [2.45, 2.75) is 27.3 Å². The third-order valence-corrected chi connectivity index (χ3v) is 5.58. The second kappa shape index (κ2) is 8.87. The van der Waals surface area contributed by atoms with Gasteiger partial charge in [0.1, 0.15) is 0 Å². The topological polar surface area (TPSA) is 119 Å². The molecule has 1 fully saturated rings. The van der Waals surface area contributed by atoms with Crippen molar-refractivity contribution in [2.24, 2.45) is 0 Å². The Morgan fingerprint density at radius 1 is 1.03 bits per heavy atom. The number of hydrogen-bond acceptors (Lipinski definition) is 8. The maximum atomic E-state index is 12.9. The number of carbonyl (C=O) groups excluding carboxylic acids is 1. The molecule has 11 heteroatoms. The highest BCUT2D eigenvalue weighted by Crippen LogP contribution is 2.13. The van der Waals surface area contributed by atoms with Crippen molar-refractivity contribution in [3.63, 3.8) is 0 Å². The lowest BCUT2D eigenvalue weighted by atomic mass is 10.2. The molecule has 1 aliphatic heterocycles. The van der Waals surface area contributed by atoms with Gasteiger partial charge in [-0.15, -0.1) is 0 Å². The van der Waals surface area contributed by atoms with Gasteiger partial charge in [0.25, 0.3) is 5.56 Å². The van der Waals surface area contributed by atoms with E-state index in [0.717, 1.165) is 34.4 Å². The van der Waals surface area contributed by atoms with Crippen molar-refractivity contribution in [1.29, 1.82) is 0 Å². The highest BCUT2D eigenvalue weighted by Gasteiger charge is 2.27. The van der Waals surface area contributed by atoms with Gasteiger partial charge in [-0.2, -0.15) is 14.8 Å². The summed E-state index contributed by atoms with van der Waals surface area (Å²) in [6, 6.07) is 7.15. The number of aromatic nitrogens is 5. The summed E-state index contributed by atoms with van der Waals surface area (Å²) in [6.07, 6.45) is 0. The number of likely N-dealkylation sites (N-methyl/N-ethyl adjacent to an activating group) is 1. The van der Waals surface area contributed by atoms with E-state index in [2.05, 4.69) is 27.1 Å². The van der Waals surface area contributed by atoms with Crippen molar-refractivity contribution >= 4 is 5.91 Å². The summed E-state index contributed by atoms with van der Waals surface area (Å²) in [5.74, 6) is -0.724. The standard InChI is InChI=1S/C21H25N7O4/c1-4-25-10-12-26(13-11-25)20(30)18-22-17(24-32-18)16-19(29)27(5-2)21(31)28(23-16)15-8-6-14(3)7-9-15/h6-9H,4-5,10-13H2,1-3H3. The van der Waals surface area contributed by atoms with Crippen LogP contribution in [0.25, 0.3) is 17.2 Å². The van der Waals surface area contributed by atoms with E-state index < -0.39 is 11.2 Å². The third kappa shape index (κ3) is 3.98. The van der Waals surface area contributed by atoms with Crippen LogP contribution in [-0.4, -0.2) is 72.9 Å². The fraction of sp³-hybridized carbons (Fsp3) is 0.429. The minimum atomic E-state index is -0.641. The fourth-order valence-corrected chi connectivity index (χ4v) is 3.60. The van der Waals surface area contributed by atoms with Crippen LogP contribution in [0.1, 0.15) is 30.1 Å². The van der Waals surface area contributed by atoms with E-state index in [4.69, 9.17) is 4.52 Å². The van der Waals surface area contributed by atoms with E-state index in [0.29, 0.717) is 18.8 Å². The molecule has 32 heavy (non-hydrogen) atoms. The maximum absolute atomic E-state index is 12.9. The van der Waals surface area contributed by atoms with Crippen LogP contribution in [0.4, 0.5) is 0 Å². The summed E-state index contributed by atoms with van der Waals surface area (Å²) < 4.78 is 7.34. The summed E-state index contributed by atoms with van der Waals surface area (Å²) in [6.45, 7) is 9.43. The molecule has 3 aromatic rings. The molecular weight excluding hydrogens is 414 g/mol. The van der Waals surface area contributed by atoms with Crippen LogP contribution in [0.15, 0.2) is 38.4 Å². The summed E-state index contributed by atoms with van der Waals surface area (Å²) >= 11 is 0. The lowest BCUT2D eigenvalue weighted by Gasteiger charge is -2.33. The number of hydrogen-bond donors (Lipinski definition) is 0. The predicted molar refractivity (Wildman–Crippen MR) is 116 cm³/mol. The highest BCUT2D eigenvalue weighted by atomic mass is 16.5. The Kier molecular flexibility index (Phi) is 5.99. The Labute approximate surface area is 183 Å². The van der Waals surface area contributed by atoms with Crippen LogP contribution in [-0.2, 0) is 6.54 Å². The molecule has 0 aliphatic carbocycles. The quantitative estimate of drug-likeness (QED) is 0.565. The molecule has 1 aromatic carbocycles. The fourth-order valence-electron chi connectivity index (χ4n) is 3.60. The average molecular weight is 439 g/mol. The minimum Gasteiger partial charge on any atom is -0.332 e. The molecular formula is C21H25N7O4. The number of carbonyl (C=O) groups is 1. The van der Waals surface area contributed by atoms with E-state index >= 15 is 0 Å². The van der Waals surface area contributed by atoms with Gasteiger partial charge < -0.3 is 14.3 Å². The van der Waals surface area contributed by atoms with Crippen LogP contribution >= 0.6 is 0 Å². The Bertz CT molecular complexity index is 1230. The molecule has 3 heterocycles. The first-order valence-electron chi connectivity index (χ1n) is 10.6. The van der Waals surface area contributed by atoms with Crippen LogP contribution in [0.3, 0.4) is 0 Å². The molecule has 0 bridgehead atoms. The number of nitrogens with zero attached hydrogens (tertiary/aromatic N) is 7. The Morgan fingerprint density at radius 3 is 2.34 bits per heavy atom. The van der Waals surface area contributed by atoms with Crippen molar-refractivity contribution in [3.8, 4) is 17.2 Å². The molecule has 0 atom stereocenters. The first-order valence-corrected chi connectivity index (χ1v) is 10.6. The molecule has 4 rings (SSSR count). The van der Waals surface area contributed by atoms with Crippen molar-refractivity contribution < 1.29 is 9.32 Å². The molecule has 2 aromatic heterocycles. The first kappa shape index (κ1) is 21.6. The van der Waals surface area contributed by atoms with Gasteiger partial charge >= 0.3 is 17.5 Å². The zero-order valence-electron chi connectivity index (χ0n) is 18.3. The van der Waals surface area contributed by atoms with Gasteiger partial charge in [0.15, 0.2) is 5.69 Å². The van der Waals surface area contributed by atoms with Gasteiger partial charge in [-0.3, -0.25) is 14.2 Å². The molecule has 168 valence electrons. The Hall–Kier alpha value is -3.60. The first-order chi connectivity index (χ1) is 15.4. The minimum absolute atomic E-state index is 0.131. The van der Waals surface area contributed by atoms with Crippen LogP contribution in [0, 0.1) is 6.92 Å². The van der Waals surface area contributed by atoms with Crippen molar-refractivity contribution in [2.75, 3.05) is 32.7 Å². The average Bonchev–Trinajstić information content (AvgIpc) is 3.30. The molecule has 1 amide bonds. The molecule has 0 spiro atoms. The van der Waals surface area contributed by atoms with Crippen LogP contribution < -0.4 is 11.2 Å². The third-order valence-electron chi connectivity index (χ3n) is 5.58. The van der Waals surface area contributed by atoms with Crippen molar-refractivity contribution in [3.05, 3.63) is 56.6 Å². The monoisotopic (exact) mass is 439 g/mol. The van der Waals surface area contributed by atoms with Gasteiger partial charge in [0.2, 0.25) is 5.82 Å². The van der Waals surface area contributed by atoms with Gasteiger partial charge in [-0.1, -0.05) is 29.8 Å². The van der Waals surface area contributed by atoms with Crippen molar-refractivity contribution in [1.82, 2.24) is 34.3 Å². The van der Waals surface area contributed by atoms with E-state index in [-0.39, 0.29) is 29.9 Å². The van der Waals surface area contributed by atoms with Crippen LogP contribution in [0.2, 0.25) is 0 Å². The summed E-state index contributed by atoms with van der Waals surface area (Å²) in [5, 5.41) is 8.02. The predicted octanol–water partition coefficient (Wildman–Crippen LogP) is 0.550. The highest BCUT2D eigenvalue weighted by molar-refractivity contribution is 5.90. The number of aryl methyl sites for hydroxylation is 1. The van der Waals surface area contributed by atoms with Crippen LogP contribution in [0.5, 0.6) is 0 Å².